The summed E-state index contributed by atoms with van der Waals surface area (Å²) in [6.45, 7) is 2.75. The van der Waals surface area contributed by atoms with E-state index in [4.69, 9.17) is 0 Å². The van der Waals surface area contributed by atoms with Crippen molar-refractivity contribution in [1.29, 1.82) is 0 Å². The Morgan fingerprint density at radius 3 is 3.05 bits per heavy atom. The Labute approximate surface area is 128 Å². The number of nitrogens with one attached hydrogen (secondary N) is 1. The molecule has 2 heterocycles. The first-order valence-corrected chi connectivity index (χ1v) is 7.58. The molecule has 3 rings (SSSR count). The fourth-order valence-corrected chi connectivity index (χ4v) is 3.30. The number of carboxylic acids is 1. The lowest BCUT2D eigenvalue weighted by molar-refractivity contribution is -0.135. The smallest absolute Gasteiger partial charge is 0.333 e. The van der Waals surface area contributed by atoms with Crippen LogP contribution in [0.5, 0.6) is 0 Å². The topological polar surface area (TPSA) is 82.5 Å². The van der Waals surface area contributed by atoms with Crippen LogP contribution >= 0.6 is 0 Å². The first kappa shape index (κ1) is 14.6. The van der Waals surface area contributed by atoms with Gasteiger partial charge in [0.05, 0.1) is 11.5 Å². The summed E-state index contributed by atoms with van der Waals surface area (Å²) in [6.07, 6.45) is 3.64. The summed E-state index contributed by atoms with van der Waals surface area (Å²) in [5.74, 6) is -0.100. The SMILES string of the molecule is CCNc1cccc(N2C=C(C(=O)O)C3C(=O)CCCC32)n1. The standard InChI is InChI=1S/C16H19N3O3/c1-2-17-13-7-4-8-14(18-13)19-9-10(16(21)22)15-11(19)5-3-6-12(15)20/h4,7-9,11,15H,2-3,5-6H2,1H3,(H,17,18)(H,21,22). The van der Waals surface area contributed by atoms with Crippen molar-refractivity contribution in [2.45, 2.75) is 32.2 Å². The lowest BCUT2D eigenvalue weighted by atomic mass is 9.81. The molecule has 1 aliphatic carbocycles. The summed E-state index contributed by atoms with van der Waals surface area (Å²) in [5, 5.41) is 12.5. The van der Waals surface area contributed by atoms with Crippen molar-refractivity contribution in [2.75, 3.05) is 16.8 Å². The Morgan fingerprint density at radius 1 is 1.50 bits per heavy atom. The molecule has 0 aromatic carbocycles. The van der Waals surface area contributed by atoms with Gasteiger partial charge in [-0.2, -0.15) is 0 Å². The van der Waals surface area contributed by atoms with Crippen LogP contribution < -0.4 is 10.2 Å². The van der Waals surface area contributed by atoms with Crippen LogP contribution in [0.15, 0.2) is 30.0 Å². The molecule has 2 N–H and O–H groups in total. The predicted molar refractivity (Wildman–Crippen MR) is 82.7 cm³/mol. The van der Waals surface area contributed by atoms with Gasteiger partial charge in [0.25, 0.3) is 0 Å². The summed E-state index contributed by atoms with van der Waals surface area (Å²) < 4.78 is 0. The molecule has 0 bridgehead atoms. The molecule has 1 aromatic rings. The van der Waals surface area contributed by atoms with Crippen LogP contribution in [-0.4, -0.2) is 34.4 Å². The van der Waals surface area contributed by atoms with Crippen LogP contribution in [0.25, 0.3) is 0 Å². The van der Waals surface area contributed by atoms with Crippen molar-refractivity contribution in [2.24, 2.45) is 5.92 Å². The number of Topliss-reactive ketones (excluding diaryl/α,β-unsaturated/α-hetero) is 1. The Balaban J connectivity index is 1.97. The summed E-state index contributed by atoms with van der Waals surface area (Å²) in [6, 6.07) is 5.47. The molecule has 1 aromatic heterocycles. The molecule has 0 spiro atoms. The number of fused-ring (bicyclic) bond motifs is 1. The van der Waals surface area contributed by atoms with Crippen LogP contribution in [-0.2, 0) is 9.59 Å². The van der Waals surface area contributed by atoms with E-state index in [0.717, 1.165) is 25.2 Å². The number of hydrogen-bond donors (Lipinski definition) is 2. The third-order valence-electron chi connectivity index (χ3n) is 4.23. The van der Waals surface area contributed by atoms with Crippen LogP contribution in [0.1, 0.15) is 26.2 Å². The number of ketones is 1. The molecule has 0 radical (unpaired) electrons. The molecule has 0 saturated heterocycles. The van der Waals surface area contributed by atoms with Gasteiger partial charge in [-0.15, -0.1) is 0 Å². The van der Waals surface area contributed by atoms with Crippen molar-refractivity contribution < 1.29 is 14.7 Å². The van der Waals surface area contributed by atoms with E-state index >= 15 is 0 Å². The van der Waals surface area contributed by atoms with Crippen LogP contribution in [0.2, 0.25) is 0 Å². The minimum Gasteiger partial charge on any atom is -0.478 e. The maximum Gasteiger partial charge on any atom is 0.333 e. The molecule has 2 unspecified atom stereocenters. The molecule has 116 valence electrons. The number of carboxylic acid groups (broad SMARTS) is 1. The third-order valence-corrected chi connectivity index (χ3v) is 4.23. The van der Waals surface area contributed by atoms with Crippen molar-refractivity contribution in [3.63, 3.8) is 0 Å². The van der Waals surface area contributed by atoms with E-state index in [9.17, 15) is 14.7 Å². The third kappa shape index (κ3) is 2.45. The van der Waals surface area contributed by atoms with E-state index in [2.05, 4.69) is 10.3 Å². The molecule has 2 aliphatic rings. The van der Waals surface area contributed by atoms with E-state index in [1.165, 1.54) is 0 Å². The number of aliphatic carboxylic acids is 1. The highest BCUT2D eigenvalue weighted by Gasteiger charge is 2.45. The number of pyridine rings is 1. The minimum atomic E-state index is -1.02. The molecule has 6 nitrogen and oxygen atoms in total. The maximum absolute atomic E-state index is 12.2. The molecule has 1 aliphatic heterocycles. The van der Waals surface area contributed by atoms with E-state index in [1.807, 2.05) is 30.0 Å². The highest BCUT2D eigenvalue weighted by atomic mass is 16.4. The molecular formula is C16H19N3O3. The fraction of sp³-hybridized carbons (Fsp3) is 0.438. The van der Waals surface area contributed by atoms with Gasteiger partial charge >= 0.3 is 5.97 Å². The number of aromatic nitrogens is 1. The highest BCUT2D eigenvalue weighted by Crippen LogP contribution is 2.39. The highest BCUT2D eigenvalue weighted by molar-refractivity contribution is 5.99. The van der Waals surface area contributed by atoms with Gasteiger partial charge in [0.1, 0.15) is 17.4 Å². The second-order valence-electron chi connectivity index (χ2n) is 5.61. The summed E-state index contributed by atoms with van der Waals surface area (Å²) in [7, 11) is 0. The number of rotatable bonds is 4. The van der Waals surface area contributed by atoms with Gasteiger partial charge in [-0.25, -0.2) is 9.78 Å². The monoisotopic (exact) mass is 301 g/mol. The van der Waals surface area contributed by atoms with Crippen molar-refractivity contribution in [1.82, 2.24) is 4.98 Å². The van der Waals surface area contributed by atoms with E-state index in [0.29, 0.717) is 12.2 Å². The van der Waals surface area contributed by atoms with Gasteiger partial charge in [0.15, 0.2) is 0 Å². The first-order valence-electron chi connectivity index (χ1n) is 7.58. The summed E-state index contributed by atoms with van der Waals surface area (Å²) in [5.41, 5.74) is 0.186. The Hall–Kier alpha value is -2.37. The zero-order chi connectivity index (χ0) is 15.7. The number of hydrogen-bond acceptors (Lipinski definition) is 5. The zero-order valence-corrected chi connectivity index (χ0v) is 12.5. The van der Waals surface area contributed by atoms with Crippen molar-refractivity contribution in [3.8, 4) is 0 Å². The van der Waals surface area contributed by atoms with Gasteiger partial charge in [0, 0.05) is 25.2 Å². The molecule has 1 fully saturated rings. The summed E-state index contributed by atoms with van der Waals surface area (Å²) in [4.78, 5) is 30.0. The van der Waals surface area contributed by atoms with E-state index in [-0.39, 0.29) is 17.4 Å². The van der Waals surface area contributed by atoms with Crippen LogP contribution in [0.3, 0.4) is 0 Å². The van der Waals surface area contributed by atoms with E-state index in [1.54, 1.807) is 6.20 Å². The first-order chi connectivity index (χ1) is 10.6. The molecule has 1 saturated carbocycles. The average molecular weight is 301 g/mol. The largest absolute Gasteiger partial charge is 0.478 e. The second kappa shape index (κ2) is 5.79. The number of anilines is 2. The Kier molecular flexibility index (Phi) is 3.83. The maximum atomic E-state index is 12.2. The average Bonchev–Trinajstić information content (AvgIpc) is 2.89. The lowest BCUT2D eigenvalue weighted by Crippen LogP contribution is -2.40. The Bertz CT molecular complexity index is 641. The minimum absolute atomic E-state index is 0.0234. The zero-order valence-electron chi connectivity index (χ0n) is 12.5. The number of nitrogens with zero attached hydrogens (tertiary/aromatic N) is 2. The normalized spacial score (nSPS) is 24.0. The predicted octanol–water partition coefficient (Wildman–Crippen LogP) is 2.04. The summed E-state index contributed by atoms with van der Waals surface area (Å²) >= 11 is 0. The van der Waals surface area contributed by atoms with E-state index < -0.39 is 11.9 Å². The van der Waals surface area contributed by atoms with Crippen LogP contribution in [0.4, 0.5) is 11.6 Å². The molecule has 6 heteroatoms. The molecule has 2 atom stereocenters. The Morgan fingerprint density at radius 2 is 2.32 bits per heavy atom. The van der Waals surface area contributed by atoms with Gasteiger partial charge in [-0.1, -0.05) is 6.07 Å². The number of carbonyl (C=O) groups excluding carboxylic acids is 1. The lowest BCUT2D eigenvalue weighted by Gasteiger charge is -2.32. The molecule has 0 amide bonds. The van der Waals surface area contributed by atoms with Crippen molar-refractivity contribution in [3.05, 3.63) is 30.0 Å². The van der Waals surface area contributed by atoms with Gasteiger partial charge in [-0.3, -0.25) is 4.79 Å². The van der Waals surface area contributed by atoms with Gasteiger partial charge in [0.2, 0.25) is 0 Å². The number of carbonyl (C=O) groups is 2. The van der Waals surface area contributed by atoms with Gasteiger partial charge in [-0.05, 0) is 31.9 Å². The molecule has 22 heavy (non-hydrogen) atoms. The van der Waals surface area contributed by atoms with Gasteiger partial charge < -0.3 is 15.3 Å². The second-order valence-corrected chi connectivity index (χ2v) is 5.61. The molecular weight excluding hydrogens is 282 g/mol. The fourth-order valence-electron chi connectivity index (χ4n) is 3.30. The quantitative estimate of drug-likeness (QED) is 0.885. The van der Waals surface area contributed by atoms with Crippen LogP contribution in [0, 0.1) is 5.92 Å². The van der Waals surface area contributed by atoms with Crippen molar-refractivity contribution >= 4 is 23.4 Å².